The van der Waals surface area contributed by atoms with E-state index < -0.39 is 10.0 Å². The van der Waals surface area contributed by atoms with Crippen LogP contribution >= 0.6 is 0 Å². The zero-order valence-electron chi connectivity index (χ0n) is 12.4. The maximum Gasteiger partial charge on any atom is 0.208 e. The summed E-state index contributed by atoms with van der Waals surface area (Å²) in [5.41, 5.74) is 0.321. The molecule has 1 aliphatic rings. The van der Waals surface area contributed by atoms with Gasteiger partial charge in [0.1, 0.15) is 0 Å². The van der Waals surface area contributed by atoms with Crippen molar-refractivity contribution in [1.82, 2.24) is 14.9 Å². The van der Waals surface area contributed by atoms with Crippen molar-refractivity contribution in [2.24, 2.45) is 10.4 Å². The lowest BCUT2D eigenvalue weighted by Crippen LogP contribution is -2.41. The lowest BCUT2D eigenvalue weighted by Gasteiger charge is -2.23. The minimum Gasteiger partial charge on any atom is -0.357 e. The predicted molar refractivity (Wildman–Crippen MR) is 78.8 cm³/mol. The molecule has 7 heteroatoms. The minimum absolute atomic E-state index is 0.321. The monoisotopic (exact) mass is 290 g/mol. The van der Waals surface area contributed by atoms with Gasteiger partial charge in [0.25, 0.3) is 0 Å². The van der Waals surface area contributed by atoms with E-state index in [1.807, 2.05) is 6.92 Å². The number of nitrogens with zero attached hydrogens (tertiary/aromatic N) is 2. The van der Waals surface area contributed by atoms with Gasteiger partial charge in [-0.05, 0) is 18.8 Å². The third-order valence-corrected chi connectivity index (χ3v) is 3.78. The zero-order valence-corrected chi connectivity index (χ0v) is 13.2. The average molecular weight is 290 g/mol. The van der Waals surface area contributed by atoms with Crippen molar-refractivity contribution in [2.45, 2.75) is 27.2 Å². The molecule has 0 aromatic carbocycles. The smallest absolute Gasteiger partial charge is 0.208 e. The summed E-state index contributed by atoms with van der Waals surface area (Å²) in [7, 11) is -3.13. The Hall–Kier alpha value is -0.820. The maximum atomic E-state index is 11.0. The maximum absolute atomic E-state index is 11.0. The summed E-state index contributed by atoms with van der Waals surface area (Å²) in [6.07, 6.45) is 2.31. The second-order valence-corrected chi connectivity index (χ2v) is 7.57. The number of sulfonamides is 1. The first-order valence-electron chi connectivity index (χ1n) is 6.71. The Morgan fingerprint density at radius 2 is 2.11 bits per heavy atom. The molecule has 0 atom stereocenters. The summed E-state index contributed by atoms with van der Waals surface area (Å²) < 4.78 is 24.4. The minimum atomic E-state index is -3.13. The Morgan fingerprint density at radius 1 is 1.42 bits per heavy atom. The number of guanidine groups is 1. The summed E-state index contributed by atoms with van der Waals surface area (Å²) in [6.45, 7) is 10.1. The first kappa shape index (κ1) is 16.2. The summed E-state index contributed by atoms with van der Waals surface area (Å²) >= 11 is 0. The molecule has 19 heavy (non-hydrogen) atoms. The van der Waals surface area contributed by atoms with Crippen LogP contribution in [0.4, 0.5) is 0 Å². The number of aliphatic imine (C=N–C) groups is 1. The molecule has 1 aliphatic heterocycles. The second kappa shape index (κ2) is 6.56. The van der Waals surface area contributed by atoms with Crippen LogP contribution in [0.5, 0.6) is 0 Å². The molecule has 1 rings (SSSR count). The van der Waals surface area contributed by atoms with Crippen molar-refractivity contribution < 1.29 is 8.42 Å². The largest absolute Gasteiger partial charge is 0.357 e. The van der Waals surface area contributed by atoms with Crippen LogP contribution in [-0.2, 0) is 10.0 Å². The van der Waals surface area contributed by atoms with E-state index in [1.54, 1.807) is 0 Å². The average Bonchev–Trinajstić information content (AvgIpc) is 2.62. The molecule has 0 spiro atoms. The lowest BCUT2D eigenvalue weighted by atomic mass is 9.93. The van der Waals surface area contributed by atoms with Gasteiger partial charge in [-0.2, -0.15) is 0 Å². The second-order valence-electron chi connectivity index (χ2n) is 5.74. The molecule has 6 nitrogen and oxygen atoms in total. The van der Waals surface area contributed by atoms with Gasteiger partial charge in [0.2, 0.25) is 10.0 Å². The molecular formula is C12H26N4O2S. The molecule has 0 aliphatic carbocycles. The fourth-order valence-electron chi connectivity index (χ4n) is 2.11. The van der Waals surface area contributed by atoms with Crippen LogP contribution in [0.15, 0.2) is 4.99 Å². The number of hydrogen-bond donors (Lipinski definition) is 2. The van der Waals surface area contributed by atoms with Crippen LogP contribution in [0.1, 0.15) is 27.2 Å². The molecule has 0 radical (unpaired) electrons. The predicted octanol–water partition coefficient (Wildman–Crippen LogP) is 0.233. The van der Waals surface area contributed by atoms with Crippen LogP contribution in [0.2, 0.25) is 0 Å². The highest BCUT2D eigenvalue weighted by atomic mass is 32.2. The molecule has 0 bridgehead atoms. The van der Waals surface area contributed by atoms with Crippen molar-refractivity contribution in [3.8, 4) is 0 Å². The van der Waals surface area contributed by atoms with Gasteiger partial charge in [-0.3, -0.25) is 4.99 Å². The van der Waals surface area contributed by atoms with E-state index in [2.05, 4.69) is 33.8 Å². The van der Waals surface area contributed by atoms with E-state index in [4.69, 9.17) is 0 Å². The summed E-state index contributed by atoms with van der Waals surface area (Å²) in [5.74, 6) is 0.878. The molecule has 1 saturated heterocycles. The van der Waals surface area contributed by atoms with Gasteiger partial charge in [-0.1, -0.05) is 13.8 Å². The third-order valence-electron chi connectivity index (χ3n) is 3.05. The molecule has 0 saturated carbocycles. The fourth-order valence-corrected chi connectivity index (χ4v) is 2.57. The molecule has 112 valence electrons. The molecule has 0 aromatic heterocycles. The highest BCUT2D eigenvalue weighted by Gasteiger charge is 2.30. The van der Waals surface area contributed by atoms with Crippen LogP contribution in [0.3, 0.4) is 0 Å². The van der Waals surface area contributed by atoms with Gasteiger partial charge in [0.05, 0.1) is 12.8 Å². The van der Waals surface area contributed by atoms with Crippen molar-refractivity contribution in [3.05, 3.63) is 0 Å². The van der Waals surface area contributed by atoms with Gasteiger partial charge in [-0.15, -0.1) is 0 Å². The molecule has 0 aromatic rings. The Morgan fingerprint density at radius 3 is 2.58 bits per heavy atom. The van der Waals surface area contributed by atoms with Crippen LogP contribution < -0.4 is 10.0 Å². The highest BCUT2D eigenvalue weighted by molar-refractivity contribution is 7.88. The van der Waals surface area contributed by atoms with E-state index in [9.17, 15) is 8.42 Å². The van der Waals surface area contributed by atoms with Crippen LogP contribution in [0, 0.1) is 5.41 Å². The number of hydrogen-bond acceptors (Lipinski definition) is 3. The number of rotatable bonds is 5. The number of likely N-dealkylation sites (tertiary alicyclic amines) is 1. The van der Waals surface area contributed by atoms with E-state index in [0.29, 0.717) is 18.5 Å². The SMILES string of the molecule is CCNC(=NCCNS(C)(=O)=O)N1CCC(C)(C)C1. The zero-order chi connectivity index (χ0) is 14.5. The fraction of sp³-hybridized carbons (Fsp3) is 0.917. The first-order valence-corrected chi connectivity index (χ1v) is 8.60. The molecule has 1 fully saturated rings. The van der Waals surface area contributed by atoms with E-state index in [-0.39, 0.29) is 0 Å². The van der Waals surface area contributed by atoms with Crippen molar-refractivity contribution in [3.63, 3.8) is 0 Å². The molecule has 2 N–H and O–H groups in total. The molecule has 0 unspecified atom stereocenters. The Kier molecular flexibility index (Phi) is 5.61. The van der Waals surface area contributed by atoms with Gasteiger partial charge >= 0.3 is 0 Å². The number of nitrogens with one attached hydrogen (secondary N) is 2. The Balaban J connectivity index is 2.52. The van der Waals surface area contributed by atoms with Gasteiger partial charge in [0.15, 0.2) is 5.96 Å². The van der Waals surface area contributed by atoms with Gasteiger partial charge in [-0.25, -0.2) is 13.1 Å². The standard InChI is InChI=1S/C12H26N4O2S/c1-5-13-11(14-7-8-15-19(4,17)18)16-9-6-12(2,3)10-16/h15H,5-10H2,1-4H3,(H,13,14). The molecular weight excluding hydrogens is 264 g/mol. The third kappa shape index (κ3) is 6.24. The van der Waals surface area contributed by atoms with Crippen LogP contribution in [0.25, 0.3) is 0 Å². The van der Waals surface area contributed by atoms with E-state index >= 15 is 0 Å². The first-order chi connectivity index (χ1) is 8.73. The molecule has 0 amide bonds. The van der Waals surface area contributed by atoms with Gasteiger partial charge < -0.3 is 10.2 Å². The Bertz CT molecular complexity index is 417. The van der Waals surface area contributed by atoms with Gasteiger partial charge in [0, 0.05) is 26.2 Å². The van der Waals surface area contributed by atoms with Crippen LogP contribution in [-0.4, -0.2) is 58.3 Å². The molecule has 1 heterocycles. The van der Waals surface area contributed by atoms with Crippen molar-refractivity contribution in [1.29, 1.82) is 0 Å². The van der Waals surface area contributed by atoms with Crippen molar-refractivity contribution in [2.75, 3.05) is 39.0 Å². The topological polar surface area (TPSA) is 73.8 Å². The highest BCUT2D eigenvalue weighted by Crippen LogP contribution is 2.28. The summed E-state index contributed by atoms with van der Waals surface area (Å²) in [6, 6.07) is 0. The quantitative estimate of drug-likeness (QED) is 0.432. The summed E-state index contributed by atoms with van der Waals surface area (Å²) in [4.78, 5) is 6.71. The summed E-state index contributed by atoms with van der Waals surface area (Å²) in [5, 5.41) is 3.26. The van der Waals surface area contributed by atoms with E-state index in [1.165, 1.54) is 0 Å². The van der Waals surface area contributed by atoms with E-state index in [0.717, 1.165) is 38.3 Å². The Labute approximate surface area is 116 Å². The van der Waals surface area contributed by atoms with Crippen molar-refractivity contribution >= 4 is 16.0 Å². The normalized spacial score (nSPS) is 19.8. The lowest BCUT2D eigenvalue weighted by molar-refractivity contribution is 0.370.